The predicted octanol–water partition coefficient (Wildman–Crippen LogP) is 16.0. The van der Waals surface area contributed by atoms with E-state index in [1.165, 1.54) is 0 Å². The van der Waals surface area contributed by atoms with Gasteiger partial charge in [0.05, 0.1) is 5.56 Å². The van der Waals surface area contributed by atoms with Gasteiger partial charge in [0, 0.05) is 38.2 Å². The molecule has 0 aliphatic carbocycles. The number of hydrogen-bond donors (Lipinski definition) is 0. The van der Waals surface area contributed by atoms with Gasteiger partial charge in [0.25, 0.3) is 0 Å². The van der Waals surface area contributed by atoms with Gasteiger partial charge in [-0.3, -0.25) is 0 Å². The second kappa shape index (κ2) is 14.6. The molecule has 0 bridgehead atoms. The highest BCUT2D eigenvalue weighted by molar-refractivity contribution is 6.19. The summed E-state index contributed by atoms with van der Waals surface area (Å²) < 4.78 is 13.3. The highest BCUT2D eigenvalue weighted by Gasteiger charge is 2.22. The summed E-state index contributed by atoms with van der Waals surface area (Å²) in [5, 5.41) is 8.58. The number of fused-ring (bicyclic) bond motifs is 8. The van der Waals surface area contributed by atoms with Gasteiger partial charge in [-0.1, -0.05) is 158 Å². The Bertz CT molecular complexity index is 3850. The highest BCUT2D eigenvalue weighted by atomic mass is 16.3. The molecule has 5 heteroatoms. The standard InChI is InChI=1S/C58H37N3O2/c1-3-14-37-33-39(27-25-35(37)4-2)41-29-31-46(53-49-20-10-12-24-52(49)63-55(41)53)44-30-32-48(43-18-8-7-17-42(43)44)57-59-56(40-28-26-36-15-5-6-16-38(36)34-40)60-58(61-57)50-22-13-21-47-45-19-9-11-23-51(45)62-54(47)50/h3-34H,2H2,1H3/b14-3-. The lowest BCUT2D eigenvalue weighted by atomic mass is 9.90. The maximum Gasteiger partial charge on any atom is 0.167 e. The molecule has 63 heavy (non-hydrogen) atoms. The van der Waals surface area contributed by atoms with E-state index in [2.05, 4.69) is 152 Å². The average molecular weight is 808 g/mol. The molecule has 0 N–H and O–H groups in total. The molecule has 296 valence electrons. The molecule has 9 aromatic carbocycles. The van der Waals surface area contributed by atoms with Crippen LogP contribution in [0.15, 0.2) is 197 Å². The lowest BCUT2D eigenvalue weighted by molar-refractivity contribution is 0.669. The minimum Gasteiger partial charge on any atom is -0.455 e. The monoisotopic (exact) mass is 807 g/mol. The van der Waals surface area contributed by atoms with Crippen molar-refractivity contribution >= 4 is 77.6 Å². The van der Waals surface area contributed by atoms with E-state index >= 15 is 0 Å². The minimum atomic E-state index is 0.543. The summed E-state index contributed by atoms with van der Waals surface area (Å²) in [7, 11) is 0. The fourth-order valence-corrected chi connectivity index (χ4v) is 9.26. The molecule has 3 heterocycles. The van der Waals surface area contributed by atoms with E-state index in [9.17, 15) is 0 Å². The number of allylic oxidation sites excluding steroid dienone is 1. The molecule has 0 atom stereocenters. The van der Waals surface area contributed by atoms with Crippen LogP contribution < -0.4 is 0 Å². The lowest BCUT2D eigenvalue weighted by Gasteiger charge is -2.15. The zero-order chi connectivity index (χ0) is 42.0. The van der Waals surface area contributed by atoms with Crippen LogP contribution in [0.1, 0.15) is 18.1 Å². The number of aromatic nitrogens is 3. The van der Waals surface area contributed by atoms with Gasteiger partial charge in [-0.05, 0) is 98.8 Å². The number of benzene rings is 9. The Labute approximate surface area is 362 Å². The fourth-order valence-electron chi connectivity index (χ4n) is 9.26. The molecule has 5 nitrogen and oxygen atoms in total. The SMILES string of the molecule is C=Cc1ccc(-c2ccc(-c3ccc(-c4nc(-c5ccc6ccccc6c5)nc(-c5cccc6c5oc5ccccc56)n4)c4ccccc34)c3c2oc2ccccc23)cc1/C=C\C. The van der Waals surface area contributed by atoms with Crippen molar-refractivity contribution in [1.82, 2.24) is 15.0 Å². The Morgan fingerprint density at radius 2 is 1.02 bits per heavy atom. The van der Waals surface area contributed by atoms with Crippen LogP contribution >= 0.6 is 0 Å². The second-order valence-electron chi connectivity index (χ2n) is 15.9. The first-order valence-electron chi connectivity index (χ1n) is 21.2. The van der Waals surface area contributed by atoms with Crippen LogP contribution in [-0.2, 0) is 0 Å². The molecular formula is C58H37N3O2. The summed E-state index contributed by atoms with van der Waals surface area (Å²) in [5.74, 6) is 1.71. The normalized spacial score (nSPS) is 11.9. The van der Waals surface area contributed by atoms with Crippen molar-refractivity contribution in [3.05, 3.63) is 200 Å². The van der Waals surface area contributed by atoms with Gasteiger partial charge >= 0.3 is 0 Å². The van der Waals surface area contributed by atoms with Gasteiger partial charge in [-0.25, -0.2) is 15.0 Å². The maximum absolute atomic E-state index is 6.78. The Morgan fingerprint density at radius 1 is 0.413 bits per heavy atom. The molecule has 0 saturated heterocycles. The number of furan rings is 2. The van der Waals surface area contributed by atoms with Crippen LogP contribution in [0.25, 0.3) is 134 Å². The largest absolute Gasteiger partial charge is 0.455 e. The Hall–Kier alpha value is -8.41. The van der Waals surface area contributed by atoms with Crippen LogP contribution in [0.4, 0.5) is 0 Å². The minimum absolute atomic E-state index is 0.543. The third-order valence-corrected chi connectivity index (χ3v) is 12.2. The van der Waals surface area contributed by atoms with Gasteiger partial charge in [0.15, 0.2) is 17.5 Å². The Morgan fingerprint density at radius 3 is 1.83 bits per heavy atom. The molecule has 0 aliphatic rings. The van der Waals surface area contributed by atoms with E-state index < -0.39 is 0 Å². The first-order chi connectivity index (χ1) is 31.1. The topological polar surface area (TPSA) is 65.0 Å². The molecule has 0 radical (unpaired) electrons. The number of rotatable bonds is 7. The van der Waals surface area contributed by atoms with Crippen molar-refractivity contribution in [3.63, 3.8) is 0 Å². The van der Waals surface area contributed by atoms with Crippen molar-refractivity contribution < 1.29 is 8.83 Å². The molecule has 3 aromatic heterocycles. The van der Waals surface area contributed by atoms with Gasteiger partial charge < -0.3 is 8.83 Å². The molecule has 0 unspecified atom stereocenters. The van der Waals surface area contributed by atoms with Gasteiger partial charge in [-0.15, -0.1) is 0 Å². The summed E-state index contributed by atoms with van der Waals surface area (Å²) in [4.78, 5) is 15.7. The van der Waals surface area contributed by atoms with Crippen LogP contribution in [0.5, 0.6) is 0 Å². The zero-order valence-corrected chi connectivity index (χ0v) is 34.3. The third kappa shape index (κ3) is 5.97. The van der Waals surface area contributed by atoms with E-state index in [1.807, 2.05) is 55.5 Å². The van der Waals surface area contributed by atoms with Crippen molar-refractivity contribution in [1.29, 1.82) is 0 Å². The number of para-hydroxylation sites is 3. The summed E-state index contributed by atoms with van der Waals surface area (Å²) in [5.41, 5.74) is 12.4. The summed E-state index contributed by atoms with van der Waals surface area (Å²) in [6.45, 7) is 6.08. The predicted molar refractivity (Wildman–Crippen MR) is 261 cm³/mol. The van der Waals surface area contributed by atoms with E-state index in [0.29, 0.717) is 17.5 Å². The third-order valence-electron chi connectivity index (χ3n) is 12.2. The van der Waals surface area contributed by atoms with E-state index in [1.54, 1.807) is 0 Å². The molecule has 0 saturated carbocycles. The number of nitrogens with zero attached hydrogens (tertiary/aromatic N) is 3. The van der Waals surface area contributed by atoms with E-state index in [-0.39, 0.29) is 0 Å². The average Bonchev–Trinajstić information content (AvgIpc) is 3.93. The van der Waals surface area contributed by atoms with E-state index in [4.69, 9.17) is 23.8 Å². The van der Waals surface area contributed by atoms with Crippen molar-refractivity contribution in [2.75, 3.05) is 0 Å². The second-order valence-corrected chi connectivity index (χ2v) is 15.9. The highest BCUT2D eigenvalue weighted by Crippen LogP contribution is 2.45. The van der Waals surface area contributed by atoms with Crippen molar-refractivity contribution in [2.45, 2.75) is 6.92 Å². The van der Waals surface area contributed by atoms with Crippen molar-refractivity contribution in [3.8, 4) is 56.4 Å². The van der Waals surface area contributed by atoms with E-state index in [0.717, 1.165) is 115 Å². The zero-order valence-electron chi connectivity index (χ0n) is 34.3. The lowest BCUT2D eigenvalue weighted by Crippen LogP contribution is -2.01. The quantitative estimate of drug-likeness (QED) is 0.160. The van der Waals surface area contributed by atoms with Crippen LogP contribution in [0, 0.1) is 0 Å². The van der Waals surface area contributed by atoms with Gasteiger partial charge in [-0.2, -0.15) is 0 Å². The first-order valence-corrected chi connectivity index (χ1v) is 21.2. The number of hydrogen-bond acceptors (Lipinski definition) is 5. The van der Waals surface area contributed by atoms with Gasteiger partial charge in [0.2, 0.25) is 0 Å². The smallest absolute Gasteiger partial charge is 0.167 e. The molecule has 0 amide bonds. The Balaban J connectivity index is 1.08. The maximum atomic E-state index is 6.78. The summed E-state index contributed by atoms with van der Waals surface area (Å²) in [6.07, 6.45) is 6.08. The van der Waals surface area contributed by atoms with Crippen LogP contribution in [0.3, 0.4) is 0 Å². The van der Waals surface area contributed by atoms with Crippen LogP contribution in [0.2, 0.25) is 0 Å². The summed E-state index contributed by atoms with van der Waals surface area (Å²) in [6, 6.07) is 61.2. The molecule has 12 aromatic rings. The first kappa shape index (κ1) is 36.4. The van der Waals surface area contributed by atoms with Gasteiger partial charge in [0.1, 0.15) is 22.3 Å². The summed E-state index contributed by atoms with van der Waals surface area (Å²) >= 11 is 0. The molecule has 0 fully saturated rings. The molecule has 12 rings (SSSR count). The van der Waals surface area contributed by atoms with Crippen molar-refractivity contribution in [2.24, 2.45) is 0 Å². The molecule has 0 spiro atoms. The van der Waals surface area contributed by atoms with Crippen LogP contribution in [-0.4, -0.2) is 15.0 Å². The molecule has 0 aliphatic heterocycles. The molecular weight excluding hydrogens is 771 g/mol. The Kier molecular flexibility index (Phi) is 8.47. The fraction of sp³-hybridized carbons (Fsp3) is 0.0172.